The van der Waals surface area contributed by atoms with Crippen molar-refractivity contribution in [1.82, 2.24) is 14.6 Å². The maximum absolute atomic E-state index is 13.8. The van der Waals surface area contributed by atoms with E-state index in [-0.39, 0.29) is 11.2 Å². The predicted molar refractivity (Wildman–Crippen MR) is 97.4 cm³/mol. The number of nitrogens with zero attached hydrogens (tertiary/aromatic N) is 3. The fourth-order valence-corrected chi connectivity index (χ4v) is 3.37. The first-order valence-electron chi connectivity index (χ1n) is 7.58. The lowest BCUT2D eigenvalue weighted by Crippen LogP contribution is -2.15. The lowest BCUT2D eigenvalue weighted by molar-refractivity contribution is 0.355. The monoisotopic (exact) mass is 372 g/mol. The van der Waals surface area contributed by atoms with E-state index in [1.54, 1.807) is 30.3 Å². The lowest BCUT2D eigenvalue weighted by Gasteiger charge is -2.08. The summed E-state index contributed by atoms with van der Waals surface area (Å²) in [5.74, 6) is 0.496. The van der Waals surface area contributed by atoms with E-state index >= 15 is 0 Å². The molecule has 2 heterocycles. The molecule has 9 heteroatoms. The van der Waals surface area contributed by atoms with Crippen LogP contribution in [0.3, 0.4) is 0 Å². The van der Waals surface area contributed by atoms with Gasteiger partial charge >= 0.3 is 0 Å². The number of ether oxygens (including phenoxy) is 2. The van der Waals surface area contributed by atoms with Gasteiger partial charge in [-0.25, -0.2) is 9.37 Å². The first-order valence-corrected chi connectivity index (χ1v) is 8.39. The fourth-order valence-electron chi connectivity index (χ4n) is 2.56. The molecule has 0 fully saturated rings. The van der Waals surface area contributed by atoms with Crippen molar-refractivity contribution in [2.45, 2.75) is 0 Å². The van der Waals surface area contributed by atoms with Crippen LogP contribution in [0.15, 0.2) is 41.2 Å². The third kappa shape index (κ3) is 2.62. The molecule has 2 aromatic carbocycles. The average Bonchev–Trinajstić information content (AvgIpc) is 3.05. The van der Waals surface area contributed by atoms with Gasteiger partial charge in [0.1, 0.15) is 5.82 Å². The van der Waals surface area contributed by atoms with Crippen LogP contribution in [0, 0.1) is 5.82 Å². The molecule has 2 aromatic heterocycles. The van der Waals surface area contributed by atoms with Crippen LogP contribution < -0.4 is 20.3 Å². The molecule has 0 unspecified atom stereocenters. The molecule has 0 aliphatic carbocycles. The van der Waals surface area contributed by atoms with E-state index in [1.807, 2.05) is 0 Å². The molecule has 26 heavy (non-hydrogen) atoms. The maximum Gasteiger partial charge on any atom is 0.283 e. The lowest BCUT2D eigenvalue weighted by atomic mass is 10.2. The largest absolute Gasteiger partial charge is 0.493 e. The van der Waals surface area contributed by atoms with Gasteiger partial charge in [-0.05, 0) is 18.2 Å². The Morgan fingerprint density at radius 2 is 1.88 bits per heavy atom. The normalized spacial score (nSPS) is 11.0. The maximum atomic E-state index is 13.8. The third-order valence-electron chi connectivity index (χ3n) is 3.82. The number of benzene rings is 2. The standard InChI is InChI=1S/C17H13FN4O3S/c1-24-13-7-9-12(8-14(13)25-2)20-17-22(15(9)23)21-16(26-17)19-11-6-4-3-5-10(11)18/h3-8H,1-2H3,(H,19,21). The van der Waals surface area contributed by atoms with Crippen molar-refractivity contribution in [1.29, 1.82) is 0 Å². The summed E-state index contributed by atoms with van der Waals surface area (Å²) in [6.45, 7) is 0. The van der Waals surface area contributed by atoms with Gasteiger partial charge in [-0.1, -0.05) is 23.5 Å². The minimum atomic E-state index is -0.410. The molecule has 4 aromatic rings. The molecule has 0 saturated carbocycles. The quantitative estimate of drug-likeness (QED) is 0.593. The Kier molecular flexibility index (Phi) is 3.92. The van der Waals surface area contributed by atoms with Crippen LogP contribution in [-0.4, -0.2) is 28.8 Å². The van der Waals surface area contributed by atoms with E-state index in [9.17, 15) is 9.18 Å². The average molecular weight is 372 g/mol. The number of hydrogen-bond acceptors (Lipinski definition) is 7. The van der Waals surface area contributed by atoms with Gasteiger partial charge in [0.05, 0.1) is 30.8 Å². The molecule has 0 amide bonds. The molecule has 132 valence electrons. The number of para-hydroxylation sites is 1. The number of rotatable bonds is 4. The van der Waals surface area contributed by atoms with Crippen molar-refractivity contribution >= 4 is 38.0 Å². The number of hydrogen-bond donors (Lipinski definition) is 1. The zero-order valence-electron chi connectivity index (χ0n) is 13.8. The summed E-state index contributed by atoms with van der Waals surface area (Å²) in [6, 6.07) is 9.43. The highest BCUT2D eigenvalue weighted by molar-refractivity contribution is 7.20. The Morgan fingerprint density at radius 3 is 2.62 bits per heavy atom. The van der Waals surface area contributed by atoms with Crippen molar-refractivity contribution in [2.75, 3.05) is 19.5 Å². The summed E-state index contributed by atoms with van der Waals surface area (Å²) in [5, 5.41) is 7.78. The van der Waals surface area contributed by atoms with E-state index in [0.717, 1.165) is 11.3 Å². The van der Waals surface area contributed by atoms with E-state index < -0.39 is 5.82 Å². The molecule has 0 saturated heterocycles. The van der Waals surface area contributed by atoms with Crippen LogP contribution in [0.25, 0.3) is 15.9 Å². The van der Waals surface area contributed by atoms with Crippen LogP contribution in [0.2, 0.25) is 0 Å². The molecule has 4 rings (SSSR count). The summed E-state index contributed by atoms with van der Waals surface area (Å²) in [6.07, 6.45) is 0. The number of halogens is 1. The highest BCUT2D eigenvalue weighted by atomic mass is 32.1. The zero-order chi connectivity index (χ0) is 18.3. The van der Waals surface area contributed by atoms with Gasteiger partial charge in [-0.3, -0.25) is 4.79 Å². The Morgan fingerprint density at radius 1 is 1.15 bits per heavy atom. The molecule has 7 nitrogen and oxygen atoms in total. The minimum absolute atomic E-state index is 0.271. The third-order valence-corrected chi connectivity index (χ3v) is 4.64. The Hall–Kier alpha value is -3.20. The summed E-state index contributed by atoms with van der Waals surface area (Å²) in [5.41, 5.74) is 0.394. The van der Waals surface area contributed by atoms with Crippen molar-refractivity contribution in [2.24, 2.45) is 0 Å². The highest BCUT2D eigenvalue weighted by Gasteiger charge is 2.15. The Balaban J connectivity index is 1.87. The molecule has 0 aliphatic rings. The molecule has 0 aliphatic heterocycles. The topological polar surface area (TPSA) is 77.8 Å². The highest BCUT2D eigenvalue weighted by Crippen LogP contribution is 2.31. The number of methoxy groups -OCH3 is 2. The van der Waals surface area contributed by atoms with Crippen molar-refractivity contribution < 1.29 is 13.9 Å². The second kappa shape index (κ2) is 6.26. The number of fused-ring (bicyclic) bond motifs is 2. The number of anilines is 2. The van der Waals surface area contributed by atoms with Crippen molar-refractivity contribution in [3.8, 4) is 11.5 Å². The molecule has 0 bridgehead atoms. The molecular formula is C17H13FN4O3S. The van der Waals surface area contributed by atoms with Gasteiger partial charge in [0.15, 0.2) is 11.5 Å². The summed E-state index contributed by atoms with van der Waals surface area (Å²) in [4.78, 5) is 17.6. The van der Waals surface area contributed by atoms with Crippen LogP contribution in [0.1, 0.15) is 0 Å². The zero-order valence-corrected chi connectivity index (χ0v) is 14.6. The fraction of sp³-hybridized carbons (Fsp3) is 0.118. The number of nitrogens with one attached hydrogen (secondary N) is 1. The van der Waals surface area contributed by atoms with Crippen LogP contribution in [-0.2, 0) is 0 Å². The summed E-state index contributed by atoms with van der Waals surface area (Å²) < 4.78 is 25.5. The summed E-state index contributed by atoms with van der Waals surface area (Å²) in [7, 11) is 3.00. The van der Waals surface area contributed by atoms with Gasteiger partial charge in [0.2, 0.25) is 10.1 Å². The first kappa shape index (κ1) is 16.3. The smallest absolute Gasteiger partial charge is 0.283 e. The predicted octanol–water partition coefficient (Wildman–Crippen LogP) is 3.20. The summed E-state index contributed by atoms with van der Waals surface area (Å²) >= 11 is 1.14. The first-order chi connectivity index (χ1) is 12.6. The molecule has 0 radical (unpaired) electrons. The van der Waals surface area contributed by atoms with E-state index in [4.69, 9.17) is 9.47 Å². The number of aromatic nitrogens is 3. The minimum Gasteiger partial charge on any atom is -0.493 e. The molecule has 0 atom stereocenters. The van der Waals surface area contributed by atoms with Crippen molar-refractivity contribution in [3.63, 3.8) is 0 Å². The molecule has 0 spiro atoms. The van der Waals surface area contributed by atoms with Gasteiger partial charge < -0.3 is 14.8 Å². The van der Waals surface area contributed by atoms with Crippen LogP contribution in [0.4, 0.5) is 15.2 Å². The molecular weight excluding hydrogens is 359 g/mol. The second-order valence-corrected chi connectivity index (χ2v) is 6.30. The Labute approximate surface area is 150 Å². The van der Waals surface area contributed by atoms with Crippen molar-refractivity contribution in [3.05, 3.63) is 52.6 Å². The van der Waals surface area contributed by atoms with E-state index in [2.05, 4.69) is 15.4 Å². The van der Waals surface area contributed by atoms with Gasteiger partial charge in [-0.15, -0.1) is 5.10 Å². The molecule has 1 N–H and O–H groups in total. The second-order valence-electron chi connectivity index (χ2n) is 5.35. The van der Waals surface area contributed by atoms with Gasteiger partial charge in [0, 0.05) is 6.07 Å². The van der Waals surface area contributed by atoms with Gasteiger partial charge in [0.25, 0.3) is 5.56 Å². The van der Waals surface area contributed by atoms with Crippen LogP contribution in [0.5, 0.6) is 11.5 Å². The van der Waals surface area contributed by atoms with E-state index in [1.165, 1.54) is 24.8 Å². The Bertz CT molecular complexity index is 1190. The SMILES string of the molecule is COc1cc2nc3sc(Nc4ccccc4F)nn3c(=O)c2cc1OC. The van der Waals surface area contributed by atoms with Gasteiger partial charge in [-0.2, -0.15) is 4.52 Å². The van der Waals surface area contributed by atoms with E-state index in [0.29, 0.717) is 32.5 Å². The van der Waals surface area contributed by atoms with Crippen LogP contribution >= 0.6 is 11.3 Å².